The van der Waals surface area contributed by atoms with Crippen LogP contribution in [0.15, 0.2) is 29.8 Å². The van der Waals surface area contributed by atoms with Crippen LogP contribution in [-0.2, 0) is 13.0 Å². The minimum Gasteiger partial charge on any atom is -0.326 e. The van der Waals surface area contributed by atoms with E-state index in [0.29, 0.717) is 0 Å². The molecular weight excluding hydrogens is 280 g/mol. The second-order valence-corrected chi connectivity index (χ2v) is 6.45. The van der Waals surface area contributed by atoms with Gasteiger partial charge in [-0.15, -0.1) is 11.3 Å². The first-order valence-electron chi connectivity index (χ1n) is 7.27. The molecule has 0 spiro atoms. The van der Waals surface area contributed by atoms with E-state index in [1.165, 1.54) is 4.88 Å². The second-order valence-electron chi connectivity index (χ2n) is 5.42. The van der Waals surface area contributed by atoms with Crippen LogP contribution >= 0.6 is 11.3 Å². The number of aryl methyl sites for hydroxylation is 1. The van der Waals surface area contributed by atoms with Gasteiger partial charge in [0.2, 0.25) is 0 Å². The molecule has 0 bridgehead atoms. The first kappa shape index (κ1) is 14.2. The van der Waals surface area contributed by atoms with Gasteiger partial charge >= 0.3 is 0 Å². The van der Waals surface area contributed by atoms with E-state index in [9.17, 15) is 0 Å². The average molecular weight is 300 g/mol. The van der Waals surface area contributed by atoms with E-state index >= 15 is 0 Å². The van der Waals surface area contributed by atoms with Gasteiger partial charge in [0.25, 0.3) is 0 Å². The van der Waals surface area contributed by atoms with Gasteiger partial charge in [-0.1, -0.05) is 13.0 Å². The molecule has 3 aromatic rings. The van der Waals surface area contributed by atoms with Gasteiger partial charge in [0, 0.05) is 30.1 Å². The van der Waals surface area contributed by atoms with Crippen LogP contribution in [0.3, 0.4) is 0 Å². The van der Waals surface area contributed by atoms with E-state index in [1.807, 2.05) is 13.1 Å². The van der Waals surface area contributed by atoms with E-state index in [4.69, 9.17) is 10.7 Å². The van der Waals surface area contributed by atoms with Crippen molar-refractivity contribution in [3.05, 3.63) is 46.0 Å². The van der Waals surface area contributed by atoms with E-state index in [-0.39, 0.29) is 6.04 Å². The van der Waals surface area contributed by atoms with E-state index in [1.54, 1.807) is 11.3 Å². The predicted molar refractivity (Wildman–Crippen MR) is 87.7 cm³/mol. The average Bonchev–Trinajstić information content (AvgIpc) is 3.08. The van der Waals surface area contributed by atoms with Crippen molar-refractivity contribution in [2.45, 2.75) is 39.3 Å². The lowest BCUT2D eigenvalue weighted by molar-refractivity contribution is 0.534. The van der Waals surface area contributed by atoms with Crippen molar-refractivity contribution in [1.82, 2.24) is 14.5 Å². The maximum atomic E-state index is 6.15. The smallest absolute Gasteiger partial charge is 0.160 e. The molecule has 3 rings (SSSR count). The summed E-state index contributed by atoms with van der Waals surface area (Å²) in [5.41, 5.74) is 9.19. The molecule has 4 nitrogen and oxygen atoms in total. The summed E-state index contributed by atoms with van der Waals surface area (Å²) in [6, 6.07) is 6.45. The Kier molecular flexibility index (Phi) is 4.03. The van der Waals surface area contributed by atoms with Crippen LogP contribution < -0.4 is 5.73 Å². The molecule has 3 heterocycles. The van der Waals surface area contributed by atoms with Crippen molar-refractivity contribution in [2.75, 3.05) is 0 Å². The Labute approximate surface area is 128 Å². The SMILES string of the molecule is CCC(N)Cn1c(Cc2cccs2)nc2cc(C)cnc21. The zero-order valence-corrected chi connectivity index (χ0v) is 13.2. The highest BCUT2D eigenvalue weighted by atomic mass is 32.1. The molecule has 0 saturated carbocycles. The van der Waals surface area contributed by atoms with Gasteiger partial charge < -0.3 is 10.3 Å². The molecule has 1 unspecified atom stereocenters. The topological polar surface area (TPSA) is 56.7 Å². The third-order valence-electron chi connectivity index (χ3n) is 3.65. The maximum absolute atomic E-state index is 6.15. The van der Waals surface area contributed by atoms with Crippen molar-refractivity contribution in [2.24, 2.45) is 5.73 Å². The van der Waals surface area contributed by atoms with E-state index < -0.39 is 0 Å². The standard InChI is InChI=1S/C16H20N4S/c1-3-12(17)10-20-15(8-13-5-4-6-21-13)19-14-7-11(2)9-18-16(14)20/h4-7,9,12H,3,8,10,17H2,1-2H3. The minimum atomic E-state index is 0.132. The fraction of sp³-hybridized carbons (Fsp3) is 0.375. The molecule has 0 saturated heterocycles. The summed E-state index contributed by atoms with van der Waals surface area (Å²) >= 11 is 1.76. The van der Waals surface area contributed by atoms with Gasteiger partial charge in [-0.2, -0.15) is 0 Å². The number of aromatic nitrogens is 3. The zero-order valence-electron chi connectivity index (χ0n) is 12.4. The van der Waals surface area contributed by atoms with Crippen molar-refractivity contribution in [1.29, 1.82) is 0 Å². The third kappa shape index (κ3) is 2.99. The molecule has 3 aromatic heterocycles. The summed E-state index contributed by atoms with van der Waals surface area (Å²) < 4.78 is 2.18. The van der Waals surface area contributed by atoms with Crippen LogP contribution in [0.5, 0.6) is 0 Å². The summed E-state index contributed by atoms with van der Waals surface area (Å²) in [7, 11) is 0. The molecule has 0 aromatic carbocycles. The van der Waals surface area contributed by atoms with E-state index in [2.05, 4.69) is 40.1 Å². The normalized spacial score (nSPS) is 12.9. The molecule has 0 aliphatic heterocycles. The Bertz CT molecular complexity index is 730. The quantitative estimate of drug-likeness (QED) is 0.787. The van der Waals surface area contributed by atoms with Crippen molar-refractivity contribution >= 4 is 22.5 Å². The molecule has 2 N–H and O–H groups in total. The van der Waals surface area contributed by atoms with Crippen LogP contribution in [0, 0.1) is 6.92 Å². The number of fused-ring (bicyclic) bond motifs is 1. The highest BCUT2D eigenvalue weighted by Crippen LogP contribution is 2.20. The monoisotopic (exact) mass is 300 g/mol. The molecule has 0 aliphatic rings. The van der Waals surface area contributed by atoms with E-state index in [0.717, 1.165) is 41.9 Å². The molecule has 21 heavy (non-hydrogen) atoms. The first-order chi connectivity index (χ1) is 10.2. The van der Waals surface area contributed by atoms with Crippen molar-refractivity contribution in [3.63, 3.8) is 0 Å². The number of thiophene rings is 1. The van der Waals surface area contributed by atoms with Crippen LogP contribution in [-0.4, -0.2) is 20.6 Å². The van der Waals surface area contributed by atoms with Gasteiger partial charge in [-0.3, -0.25) is 0 Å². The lowest BCUT2D eigenvalue weighted by atomic mass is 10.2. The number of hydrogen-bond acceptors (Lipinski definition) is 4. The molecule has 110 valence electrons. The van der Waals surface area contributed by atoms with Crippen LogP contribution in [0.4, 0.5) is 0 Å². The Morgan fingerprint density at radius 2 is 2.29 bits per heavy atom. The van der Waals surface area contributed by atoms with Gasteiger partial charge in [0.1, 0.15) is 11.3 Å². The number of hydrogen-bond donors (Lipinski definition) is 1. The molecule has 0 amide bonds. The fourth-order valence-electron chi connectivity index (χ4n) is 2.42. The number of rotatable bonds is 5. The summed E-state index contributed by atoms with van der Waals surface area (Å²) in [4.78, 5) is 10.7. The molecule has 0 aliphatic carbocycles. The number of nitrogens with zero attached hydrogens (tertiary/aromatic N) is 3. The number of imidazole rings is 1. The van der Waals surface area contributed by atoms with Crippen LogP contribution in [0.25, 0.3) is 11.2 Å². The van der Waals surface area contributed by atoms with Crippen LogP contribution in [0.2, 0.25) is 0 Å². The molecule has 1 atom stereocenters. The highest BCUT2D eigenvalue weighted by Gasteiger charge is 2.15. The molecule has 0 fully saturated rings. The Hall–Kier alpha value is -1.72. The summed E-state index contributed by atoms with van der Waals surface area (Å²) in [6.07, 6.45) is 3.68. The lowest BCUT2D eigenvalue weighted by Gasteiger charge is -2.13. The summed E-state index contributed by atoms with van der Waals surface area (Å²) in [6.45, 7) is 4.92. The Balaban J connectivity index is 2.05. The van der Waals surface area contributed by atoms with Gasteiger partial charge in [-0.25, -0.2) is 9.97 Å². The lowest BCUT2D eigenvalue weighted by Crippen LogP contribution is -2.26. The van der Waals surface area contributed by atoms with Gasteiger partial charge in [-0.05, 0) is 36.4 Å². The van der Waals surface area contributed by atoms with Crippen molar-refractivity contribution < 1.29 is 0 Å². The van der Waals surface area contributed by atoms with Crippen molar-refractivity contribution in [3.8, 4) is 0 Å². The molecular formula is C16H20N4S. The van der Waals surface area contributed by atoms with Gasteiger partial charge in [0.15, 0.2) is 5.65 Å². The fourth-order valence-corrected chi connectivity index (χ4v) is 3.12. The Morgan fingerprint density at radius 1 is 1.43 bits per heavy atom. The second kappa shape index (κ2) is 5.95. The third-order valence-corrected chi connectivity index (χ3v) is 4.53. The zero-order chi connectivity index (χ0) is 14.8. The number of pyridine rings is 1. The highest BCUT2D eigenvalue weighted by molar-refractivity contribution is 7.09. The maximum Gasteiger partial charge on any atom is 0.160 e. The summed E-state index contributed by atoms with van der Waals surface area (Å²) in [5, 5.41) is 2.10. The largest absolute Gasteiger partial charge is 0.326 e. The van der Waals surface area contributed by atoms with Crippen LogP contribution in [0.1, 0.15) is 29.6 Å². The van der Waals surface area contributed by atoms with Gasteiger partial charge in [0.05, 0.1) is 0 Å². The minimum absolute atomic E-state index is 0.132. The first-order valence-corrected chi connectivity index (χ1v) is 8.15. The molecule has 0 radical (unpaired) electrons. The molecule has 5 heteroatoms. The number of nitrogens with two attached hydrogens (primary N) is 1. The Morgan fingerprint density at radius 3 is 3.00 bits per heavy atom. The predicted octanol–water partition coefficient (Wildman–Crippen LogP) is 3.13. The summed E-state index contributed by atoms with van der Waals surface area (Å²) in [5.74, 6) is 1.05.